The molecule has 0 spiro atoms. The van der Waals surface area contributed by atoms with E-state index in [2.05, 4.69) is 10.3 Å². The zero-order valence-electron chi connectivity index (χ0n) is 12.3. The average Bonchev–Trinajstić information content (AvgIpc) is 2.56. The molecule has 108 valence electrons. The van der Waals surface area contributed by atoms with E-state index in [-0.39, 0.29) is 11.8 Å². The van der Waals surface area contributed by atoms with Gasteiger partial charge in [0.15, 0.2) is 0 Å². The smallest absolute Gasteiger partial charge is 0.252 e. The topological polar surface area (TPSA) is 62.3 Å². The highest BCUT2D eigenvalue weighted by atomic mass is 16.2. The maximum Gasteiger partial charge on any atom is 0.252 e. The largest absolute Gasteiger partial charge is 0.342 e. The van der Waals surface area contributed by atoms with Crippen LogP contribution >= 0.6 is 0 Å². The van der Waals surface area contributed by atoms with Crippen LogP contribution in [-0.2, 0) is 9.59 Å². The Labute approximate surface area is 119 Å². The molecule has 0 bridgehead atoms. The van der Waals surface area contributed by atoms with Gasteiger partial charge in [-0.1, -0.05) is 13.8 Å². The molecule has 0 saturated carbocycles. The van der Waals surface area contributed by atoms with Gasteiger partial charge in [0.2, 0.25) is 5.91 Å². The van der Waals surface area contributed by atoms with Gasteiger partial charge in [0.1, 0.15) is 5.54 Å². The van der Waals surface area contributed by atoms with Crippen LogP contribution in [0.15, 0.2) is 18.5 Å². The molecule has 2 rings (SSSR count). The molecule has 5 heteroatoms. The summed E-state index contributed by atoms with van der Waals surface area (Å²) in [6, 6.07) is 1.93. The Hall–Kier alpha value is -1.91. The maximum atomic E-state index is 12.9. The number of anilines is 1. The molecule has 0 unspecified atom stereocenters. The molecule has 2 amide bonds. The number of nitrogens with one attached hydrogen (secondary N) is 1. The van der Waals surface area contributed by atoms with Crippen molar-refractivity contribution < 1.29 is 9.59 Å². The maximum absolute atomic E-state index is 12.9. The number of carbonyl (C=O) groups excluding carboxylic acids is 2. The normalized spacial score (nSPS) is 18.6. The number of pyridine rings is 1. The van der Waals surface area contributed by atoms with Gasteiger partial charge in [-0.2, -0.15) is 0 Å². The molecule has 1 aromatic rings. The molecule has 0 aliphatic carbocycles. The summed E-state index contributed by atoms with van der Waals surface area (Å²) in [5, 5.41) is 2.91. The summed E-state index contributed by atoms with van der Waals surface area (Å²) in [6.45, 7) is 6.20. The van der Waals surface area contributed by atoms with Crippen molar-refractivity contribution in [2.24, 2.45) is 0 Å². The predicted molar refractivity (Wildman–Crippen MR) is 77.4 cm³/mol. The van der Waals surface area contributed by atoms with Crippen molar-refractivity contribution in [2.45, 2.75) is 45.6 Å². The lowest BCUT2D eigenvalue weighted by atomic mass is 9.91. The van der Waals surface area contributed by atoms with Crippen LogP contribution in [0.25, 0.3) is 0 Å². The summed E-state index contributed by atoms with van der Waals surface area (Å²) in [5.74, 6) is -0.106. The van der Waals surface area contributed by atoms with Gasteiger partial charge >= 0.3 is 0 Å². The minimum absolute atomic E-state index is 0.0410. The van der Waals surface area contributed by atoms with E-state index < -0.39 is 5.54 Å². The molecule has 1 N–H and O–H groups in total. The van der Waals surface area contributed by atoms with Crippen molar-refractivity contribution in [1.82, 2.24) is 10.3 Å². The summed E-state index contributed by atoms with van der Waals surface area (Å²) in [4.78, 5) is 30.6. The van der Waals surface area contributed by atoms with Gasteiger partial charge < -0.3 is 10.2 Å². The summed E-state index contributed by atoms with van der Waals surface area (Å²) in [6.07, 6.45) is 4.92. The first-order valence-electron chi connectivity index (χ1n) is 7.07. The van der Waals surface area contributed by atoms with E-state index in [1.54, 1.807) is 17.3 Å². The Morgan fingerprint density at radius 1 is 1.30 bits per heavy atom. The van der Waals surface area contributed by atoms with E-state index in [0.29, 0.717) is 25.8 Å². The average molecular weight is 275 g/mol. The second-order valence-corrected chi connectivity index (χ2v) is 5.26. The molecule has 1 aromatic heterocycles. The molecule has 2 heterocycles. The Kier molecular flexibility index (Phi) is 4.06. The van der Waals surface area contributed by atoms with Gasteiger partial charge in [0.05, 0.1) is 11.9 Å². The number of carbonyl (C=O) groups is 2. The van der Waals surface area contributed by atoms with Crippen molar-refractivity contribution in [2.75, 3.05) is 11.4 Å². The third-order valence-electron chi connectivity index (χ3n) is 3.98. The quantitative estimate of drug-likeness (QED) is 0.915. The van der Waals surface area contributed by atoms with Crippen LogP contribution in [0, 0.1) is 6.92 Å². The third-order valence-corrected chi connectivity index (χ3v) is 3.98. The van der Waals surface area contributed by atoms with E-state index in [4.69, 9.17) is 0 Å². The number of aromatic nitrogens is 1. The molecule has 20 heavy (non-hydrogen) atoms. The summed E-state index contributed by atoms with van der Waals surface area (Å²) in [5.41, 5.74) is 0.965. The van der Waals surface area contributed by atoms with Crippen molar-refractivity contribution in [3.63, 3.8) is 0 Å². The van der Waals surface area contributed by atoms with Crippen molar-refractivity contribution in [3.05, 3.63) is 24.0 Å². The molecule has 1 aliphatic heterocycles. The molecule has 1 fully saturated rings. The molecular formula is C15H21N3O2. The van der Waals surface area contributed by atoms with Crippen LogP contribution < -0.4 is 10.2 Å². The zero-order valence-corrected chi connectivity index (χ0v) is 12.3. The Morgan fingerprint density at radius 2 is 2.00 bits per heavy atom. The molecule has 1 aliphatic rings. The molecule has 5 nitrogen and oxygen atoms in total. The Bertz CT molecular complexity index is 524. The Morgan fingerprint density at radius 3 is 2.60 bits per heavy atom. The van der Waals surface area contributed by atoms with Gasteiger partial charge in [0, 0.05) is 19.2 Å². The molecule has 0 radical (unpaired) electrons. The highest BCUT2D eigenvalue weighted by molar-refractivity contribution is 6.04. The van der Waals surface area contributed by atoms with Crippen LogP contribution in [-0.4, -0.2) is 28.9 Å². The van der Waals surface area contributed by atoms with E-state index in [9.17, 15) is 9.59 Å². The van der Waals surface area contributed by atoms with Crippen LogP contribution in [0.1, 0.15) is 38.7 Å². The molecule has 0 aromatic carbocycles. The monoisotopic (exact) mass is 275 g/mol. The van der Waals surface area contributed by atoms with Gasteiger partial charge in [-0.15, -0.1) is 0 Å². The van der Waals surface area contributed by atoms with Crippen LogP contribution in [0.2, 0.25) is 0 Å². The van der Waals surface area contributed by atoms with Crippen LogP contribution in [0.4, 0.5) is 5.69 Å². The first kappa shape index (κ1) is 14.5. The van der Waals surface area contributed by atoms with Gasteiger partial charge in [-0.25, -0.2) is 0 Å². The zero-order chi connectivity index (χ0) is 14.8. The van der Waals surface area contributed by atoms with Gasteiger partial charge in [0.25, 0.3) is 5.91 Å². The first-order chi connectivity index (χ1) is 9.52. The minimum Gasteiger partial charge on any atom is -0.342 e. The molecule has 1 saturated heterocycles. The SMILES string of the molecule is CCC1(CC)NC(=O)CCN(c2cncc(C)c2)C1=O. The lowest BCUT2D eigenvalue weighted by Gasteiger charge is -2.33. The standard InChI is InChI=1S/C15H21N3O2/c1-4-15(5-2)14(20)18(7-6-13(19)17-15)12-8-11(3)9-16-10-12/h8-10H,4-7H2,1-3H3,(H,17,19). The number of hydrogen-bond acceptors (Lipinski definition) is 3. The van der Waals surface area contributed by atoms with Crippen LogP contribution in [0.5, 0.6) is 0 Å². The number of amides is 2. The fourth-order valence-electron chi connectivity index (χ4n) is 2.62. The first-order valence-corrected chi connectivity index (χ1v) is 7.07. The predicted octanol–water partition coefficient (Wildman–Crippen LogP) is 1.80. The van der Waals surface area contributed by atoms with Crippen molar-refractivity contribution in [3.8, 4) is 0 Å². The van der Waals surface area contributed by atoms with Crippen LogP contribution in [0.3, 0.4) is 0 Å². The van der Waals surface area contributed by atoms with Gasteiger partial charge in [-0.05, 0) is 31.4 Å². The minimum atomic E-state index is -0.794. The van der Waals surface area contributed by atoms with E-state index >= 15 is 0 Å². The van der Waals surface area contributed by atoms with Gasteiger partial charge in [-0.3, -0.25) is 14.6 Å². The molecule has 0 atom stereocenters. The summed E-state index contributed by atoms with van der Waals surface area (Å²) in [7, 11) is 0. The van der Waals surface area contributed by atoms with E-state index in [0.717, 1.165) is 11.3 Å². The van der Waals surface area contributed by atoms with E-state index in [1.807, 2.05) is 26.8 Å². The molecular weight excluding hydrogens is 254 g/mol. The highest BCUT2D eigenvalue weighted by Gasteiger charge is 2.42. The number of hydrogen-bond donors (Lipinski definition) is 1. The second kappa shape index (κ2) is 5.61. The van der Waals surface area contributed by atoms with Crippen molar-refractivity contribution >= 4 is 17.5 Å². The number of rotatable bonds is 3. The summed E-state index contributed by atoms with van der Waals surface area (Å²) < 4.78 is 0. The third kappa shape index (κ3) is 2.53. The fourth-order valence-corrected chi connectivity index (χ4v) is 2.62. The summed E-state index contributed by atoms with van der Waals surface area (Å²) >= 11 is 0. The lowest BCUT2D eigenvalue weighted by Crippen LogP contribution is -2.56. The number of nitrogens with zero attached hydrogens (tertiary/aromatic N) is 2. The highest BCUT2D eigenvalue weighted by Crippen LogP contribution is 2.26. The van der Waals surface area contributed by atoms with E-state index in [1.165, 1.54) is 0 Å². The van der Waals surface area contributed by atoms with Crippen molar-refractivity contribution in [1.29, 1.82) is 0 Å². The Balaban J connectivity index is 2.42. The number of aryl methyl sites for hydroxylation is 1. The lowest BCUT2D eigenvalue weighted by molar-refractivity contribution is -0.130. The second-order valence-electron chi connectivity index (χ2n) is 5.26. The fraction of sp³-hybridized carbons (Fsp3) is 0.533.